The van der Waals surface area contributed by atoms with Gasteiger partial charge >= 0.3 is 0 Å². The van der Waals surface area contributed by atoms with E-state index in [-0.39, 0.29) is 24.0 Å². The van der Waals surface area contributed by atoms with Crippen LogP contribution in [0.1, 0.15) is 41.2 Å². The molecule has 0 spiro atoms. The van der Waals surface area contributed by atoms with Gasteiger partial charge in [-0.1, -0.05) is 0 Å². The number of nitrogens with zero attached hydrogens (tertiary/aromatic N) is 4. The van der Waals surface area contributed by atoms with E-state index in [1.54, 1.807) is 29.6 Å². The van der Waals surface area contributed by atoms with Gasteiger partial charge in [0.25, 0.3) is 5.91 Å². The third-order valence-corrected chi connectivity index (χ3v) is 5.08. The van der Waals surface area contributed by atoms with Gasteiger partial charge in [0.15, 0.2) is 0 Å². The molecule has 0 aromatic carbocycles. The third kappa shape index (κ3) is 3.24. The van der Waals surface area contributed by atoms with E-state index in [0.29, 0.717) is 24.5 Å². The first kappa shape index (κ1) is 16.1. The molecule has 1 saturated carbocycles. The van der Waals surface area contributed by atoms with Gasteiger partial charge in [-0.25, -0.2) is 9.97 Å². The number of pyridine rings is 1. The zero-order valence-electron chi connectivity index (χ0n) is 14.3. The van der Waals surface area contributed by atoms with Crippen LogP contribution in [-0.4, -0.2) is 50.6 Å². The van der Waals surface area contributed by atoms with Crippen LogP contribution in [0.25, 0.3) is 0 Å². The zero-order chi connectivity index (χ0) is 17.4. The number of hydrogen-bond donors (Lipinski definition) is 1. The number of imidazole rings is 1. The van der Waals surface area contributed by atoms with E-state index in [1.807, 2.05) is 17.8 Å². The lowest BCUT2D eigenvalue weighted by Gasteiger charge is -2.25. The Morgan fingerprint density at radius 1 is 1.32 bits per heavy atom. The van der Waals surface area contributed by atoms with Gasteiger partial charge in [-0.15, -0.1) is 0 Å². The van der Waals surface area contributed by atoms with Gasteiger partial charge in [-0.2, -0.15) is 0 Å². The van der Waals surface area contributed by atoms with Crippen molar-refractivity contribution in [3.8, 4) is 5.88 Å². The first-order valence-corrected chi connectivity index (χ1v) is 8.75. The zero-order valence-corrected chi connectivity index (χ0v) is 14.3. The summed E-state index contributed by atoms with van der Waals surface area (Å²) in [6.45, 7) is 1.11. The van der Waals surface area contributed by atoms with Crippen molar-refractivity contribution in [3.05, 3.63) is 42.1 Å². The fraction of sp³-hybridized carbons (Fsp3) is 0.500. The van der Waals surface area contributed by atoms with Crippen molar-refractivity contribution < 1.29 is 9.53 Å². The third-order valence-electron chi connectivity index (χ3n) is 5.08. The van der Waals surface area contributed by atoms with Crippen LogP contribution < -0.4 is 10.5 Å². The summed E-state index contributed by atoms with van der Waals surface area (Å²) in [4.78, 5) is 23.3. The van der Waals surface area contributed by atoms with Crippen LogP contribution in [0.15, 0.2) is 30.9 Å². The molecular weight excluding hydrogens is 318 g/mol. The maximum Gasteiger partial charge on any atom is 0.254 e. The number of nitrogens with two attached hydrogens (primary N) is 1. The predicted molar refractivity (Wildman–Crippen MR) is 92.3 cm³/mol. The number of likely N-dealkylation sites (tertiary alicyclic amines) is 1. The van der Waals surface area contributed by atoms with Crippen molar-refractivity contribution in [1.82, 2.24) is 19.4 Å². The van der Waals surface area contributed by atoms with E-state index < -0.39 is 0 Å². The standard InChI is InChI=1S/C18H23N5O2/c1-22-10-16(21-11-22)14-8-23(9-15(14)19)18(24)12-5-6-20-17(7-12)25-13-3-2-4-13/h5-7,10-11,13-15H,2-4,8-9,19H2,1H3/t14-,15-/m1/s1. The minimum atomic E-state index is -0.105. The Kier molecular flexibility index (Phi) is 4.17. The average molecular weight is 341 g/mol. The molecule has 2 aromatic heterocycles. The van der Waals surface area contributed by atoms with Crippen molar-refractivity contribution in [2.24, 2.45) is 12.8 Å². The monoisotopic (exact) mass is 341 g/mol. The number of rotatable bonds is 4. The van der Waals surface area contributed by atoms with Gasteiger partial charge in [0.05, 0.1) is 12.0 Å². The Hall–Kier alpha value is -2.41. The van der Waals surface area contributed by atoms with Crippen LogP contribution in [0.5, 0.6) is 5.88 Å². The number of aromatic nitrogens is 3. The molecule has 1 aliphatic heterocycles. The first-order valence-electron chi connectivity index (χ1n) is 8.75. The summed E-state index contributed by atoms with van der Waals surface area (Å²) in [5, 5.41) is 0. The smallest absolute Gasteiger partial charge is 0.254 e. The number of carbonyl (C=O) groups excluding carboxylic acids is 1. The van der Waals surface area contributed by atoms with Gasteiger partial charge in [-0.3, -0.25) is 4.79 Å². The molecule has 1 aliphatic carbocycles. The molecule has 0 radical (unpaired) electrons. The van der Waals surface area contributed by atoms with Gasteiger partial charge in [0, 0.05) is 56.1 Å². The lowest BCUT2D eigenvalue weighted by Crippen LogP contribution is -2.32. The Morgan fingerprint density at radius 2 is 2.16 bits per heavy atom. The highest BCUT2D eigenvalue weighted by atomic mass is 16.5. The quantitative estimate of drug-likeness (QED) is 0.906. The van der Waals surface area contributed by atoms with Gasteiger partial charge in [0.1, 0.15) is 6.10 Å². The normalized spacial score (nSPS) is 23.5. The van der Waals surface area contributed by atoms with E-state index >= 15 is 0 Å². The van der Waals surface area contributed by atoms with Crippen molar-refractivity contribution in [3.63, 3.8) is 0 Å². The van der Waals surface area contributed by atoms with Gasteiger partial charge < -0.3 is 19.9 Å². The molecule has 7 heteroatoms. The fourth-order valence-electron chi connectivity index (χ4n) is 3.38. The molecule has 3 heterocycles. The van der Waals surface area contributed by atoms with E-state index in [0.717, 1.165) is 18.5 Å². The molecule has 1 saturated heterocycles. The maximum atomic E-state index is 12.9. The van der Waals surface area contributed by atoms with E-state index in [2.05, 4.69) is 9.97 Å². The van der Waals surface area contributed by atoms with Crippen LogP contribution in [0.2, 0.25) is 0 Å². The number of amides is 1. The molecule has 4 rings (SSSR count). The number of carbonyl (C=O) groups is 1. The molecule has 1 amide bonds. The van der Waals surface area contributed by atoms with Gasteiger partial charge in [0.2, 0.25) is 5.88 Å². The Balaban J connectivity index is 1.46. The maximum absolute atomic E-state index is 12.9. The van der Waals surface area contributed by atoms with Crippen molar-refractivity contribution in [2.45, 2.75) is 37.3 Å². The Morgan fingerprint density at radius 3 is 2.84 bits per heavy atom. The van der Waals surface area contributed by atoms with E-state index in [1.165, 1.54) is 6.42 Å². The molecule has 132 valence electrons. The number of ether oxygens (including phenoxy) is 1. The second kappa shape index (κ2) is 6.48. The predicted octanol–water partition coefficient (Wildman–Crippen LogP) is 1.31. The summed E-state index contributed by atoms with van der Waals surface area (Å²) in [7, 11) is 1.93. The van der Waals surface area contributed by atoms with E-state index in [9.17, 15) is 4.79 Å². The van der Waals surface area contributed by atoms with Crippen molar-refractivity contribution in [2.75, 3.05) is 13.1 Å². The SMILES string of the molecule is Cn1cnc([C@@H]2CN(C(=O)c3ccnc(OC4CCC4)c3)C[C@H]2N)c1. The highest BCUT2D eigenvalue weighted by Crippen LogP contribution is 2.28. The van der Waals surface area contributed by atoms with Crippen LogP contribution in [0.3, 0.4) is 0 Å². The molecule has 2 aromatic rings. The Bertz CT molecular complexity index is 770. The molecule has 2 aliphatic rings. The van der Waals surface area contributed by atoms with E-state index in [4.69, 9.17) is 10.5 Å². The summed E-state index contributed by atoms with van der Waals surface area (Å²) in [6, 6.07) is 3.36. The lowest BCUT2D eigenvalue weighted by atomic mass is 9.96. The highest BCUT2D eigenvalue weighted by molar-refractivity contribution is 5.94. The number of hydrogen-bond acceptors (Lipinski definition) is 5. The fourth-order valence-corrected chi connectivity index (χ4v) is 3.38. The molecule has 0 bridgehead atoms. The van der Waals surface area contributed by atoms with Crippen LogP contribution in [-0.2, 0) is 7.05 Å². The summed E-state index contributed by atoms with van der Waals surface area (Å²) >= 11 is 0. The van der Waals surface area contributed by atoms with Crippen molar-refractivity contribution in [1.29, 1.82) is 0 Å². The molecule has 2 fully saturated rings. The van der Waals surface area contributed by atoms with Crippen molar-refractivity contribution >= 4 is 5.91 Å². The number of aryl methyl sites for hydroxylation is 1. The molecular formula is C18H23N5O2. The molecule has 7 nitrogen and oxygen atoms in total. The van der Waals surface area contributed by atoms with Gasteiger partial charge in [-0.05, 0) is 25.3 Å². The first-order chi connectivity index (χ1) is 12.1. The molecule has 0 unspecified atom stereocenters. The topological polar surface area (TPSA) is 86.3 Å². The minimum absolute atomic E-state index is 0.0326. The second-order valence-corrected chi connectivity index (χ2v) is 7.00. The molecule has 25 heavy (non-hydrogen) atoms. The summed E-state index contributed by atoms with van der Waals surface area (Å²) in [5.74, 6) is 0.563. The summed E-state index contributed by atoms with van der Waals surface area (Å²) < 4.78 is 7.70. The second-order valence-electron chi connectivity index (χ2n) is 7.00. The van der Waals surface area contributed by atoms with Crippen LogP contribution >= 0.6 is 0 Å². The van der Waals surface area contributed by atoms with Crippen LogP contribution in [0, 0.1) is 0 Å². The summed E-state index contributed by atoms with van der Waals surface area (Å²) in [6.07, 6.45) is 8.93. The highest BCUT2D eigenvalue weighted by Gasteiger charge is 2.35. The lowest BCUT2D eigenvalue weighted by molar-refractivity contribution is 0.0786. The average Bonchev–Trinajstić information content (AvgIpc) is 3.16. The minimum Gasteiger partial charge on any atom is -0.474 e. The van der Waals surface area contributed by atoms with Crippen LogP contribution in [0.4, 0.5) is 0 Å². The largest absolute Gasteiger partial charge is 0.474 e. The summed E-state index contributed by atoms with van der Waals surface area (Å²) in [5.41, 5.74) is 7.80. The molecule has 2 atom stereocenters. The Labute approximate surface area is 146 Å². The molecule has 2 N–H and O–H groups in total.